The van der Waals surface area contributed by atoms with E-state index in [1.165, 1.54) is 0 Å². The Kier molecular flexibility index (Phi) is 2.91. The molecule has 0 aliphatic heterocycles. The normalized spacial score (nSPS) is 22.2. The summed E-state index contributed by atoms with van der Waals surface area (Å²) in [6.07, 6.45) is 0.866. The number of carbonyl (C=O) groups is 1. The summed E-state index contributed by atoms with van der Waals surface area (Å²) in [5, 5.41) is 8.67. The summed E-state index contributed by atoms with van der Waals surface area (Å²) in [6, 6.07) is 9.49. The molecule has 1 aromatic rings. The zero-order valence-corrected chi connectivity index (χ0v) is 9.14. The van der Waals surface area contributed by atoms with Crippen molar-refractivity contribution in [2.24, 2.45) is 5.92 Å². The molecular formula is C13H13NO2. The summed E-state index contributed by atoms with van der Waals surface area (Å²) in [5.74, 6) is 0.205. The van der Waals surface area contributed by atoms with Gasteiger partial charge in [0.25, 0.3) is 0 Å². The van der Waals surface area contributed by atoms with Gasteiger partial charge < -0.3 is 4.74 Å². The second kappa shape index (κ2) is 4.36. The number of hydrogen-bond acceptors (Lipinski definition) is 3. The number of hydrogen-bond donors (Lipinski definition) is 0. The highest BCUT2D eigenvalue weighted by Gasteiger charge is 2.44. The molecule has 0 radical (unpaired) electrons. The Balaban J connectivity index is 2.01. The summed E-state index contributed by atoms with van der Waals surface area (Å²) in [7, 11) is 0. The molecule has 1 aliphatic carbocycles. The molecule has 0 heterocycles. The molecule has 2 rings (SSSR count). The fraction of sp³-hybridized carbons (Fsp3) is 0.385. The van der Waals surface area contributed by atoms with Crippen molar-refractivity contribution in [2.45, 2.75) is 19.3 Å². The molecule has 16 heavy (non-hydrogen) atoms. The number of carbonyl (C=O) groups excluding carboxylic acids is 1. The highest BCUT2D eigenvalue weighted by molar-refractivity contribution is 5.77. The first-order valence-corrected chi connectivity index (χ1v) is 5.43. The maximum absolute atomic E-state index is 11.4. The van der Waals surface area contributed by atoms with Gasteiger partial charge in [-0.1, -0.05) is 12.1 Å². The molecule has 1 fully saturated rings. The average molecular weight is 215 g/mol. The second-order valence-corrected chi connectivity index (χ2v) is 3.93. The fourth-order valence-corrected chi connectivity index (χ4v) is 1.88. The largest absolute Gasteiger partial charge is 0.466 e. The lowest BCUT2D eigenvalue weighted by molar-refractivity contribution is -0.144. The second-order valence-electron chi connectivity index (χ2n) is 3.93. The van der Waals surface area contributed by atoms with Gasteiger partial charge in [-0.05, 0) is 37.0 Å². The maximum Gasteiger partial charge on any atom is 0.309 e. The number of esters is 1. The third kappa shape index (κ3) is 2.06. The number of nitrogens with zero attached hydrogens (tertiary/aromatic N) is 1. The number of benzene rings is 1. The molecule has 0 amide bonds. The van der Waals surface area contributed by atoms with E-state index in [2.05, 4.69) is 6.07 Å². The minimum Gasteiger partial charge on any atom is -0.466 e. The lowest BCUT2D eigenvalue weighted by atomic mass is 10.1. The molecule has 0 saturated heterocycles. The Bertz CT molecular complexity index is 430. The first-order chi connectivity index (χ1) is 7.76. The fourth-order valence-electron chi connectivity index (χ4n) is 1.88. The van der Waals surface area contributed by atoms with E-state index in [9.17, 15) is 4.79 Å². The van der Waals surface area contributed by atoms with E-state index >= 15 is 0 Å². The topological polar surface area (TPSA) is 50.1 Å². The smallest absolute Gasteiger partial charge is 0.309 e. The molecule has 0 aromatic heterocycles. The van der Waals surface area contributed by atoms with Crippen LogP contribution < -0.4 is 0 Å². The van der Waals surface area contributed by atoms with Crippen molar-refractivity contribution in [3.8, 4) is 6.07 Å². The Morgan fingerprint density at radius 2 is 2.19 bits per heavy atom. The van der Waals surface area contributed by atoms with Crippen molar-refractivity contribution in [2.75, 3.05) is 6.61 Å². The first-order valence-electron chi connectivity index (χ1n) is 5.43. The van der Waals surface area contributed by atoms with Crippen LogP contribution >= 0.6 is 0 Å². The van der Waals surface area contributed by atoms with Crippen LogP contribution in [0.1, 0.15) is 30.4 Å². The molecule has 3 heteroatoms. The Labute approximate surface area is 94.6 Å². The maximum atomic E-state index is 11.4. The highest BCUT2D eigenvalue weighted by Crippen LogP contribution is 2.48. The van der Waals surface area contributed by atoms with Gasteiger partial charge in [0.15, 0.2) is 0 Å². The third-order valence-corrected chi connectivity index (χ3v) is 2.85. The molecule has 0 bridgehead atoms. The van der Waals surface area contributed by atoms with Crippen molar-refractivity contribution >= 4 is 5.97 Å². The van der Waals surface area contributed by atoms with Gasteiger partial charge in [-0.2, -0.15) is 5.26 Å². The van der Waals surface area contributed by atoms with Crippen LogP contribution in [0.4, 0.5) is 0 Å². The lowest BCUT2D eigenvalue weighted by Gasteiger charge is -2.01. The number of nitriles is 1. The SMILES string of the molecule is CCOC(=O)[C@@H]1C[C@H]1c1ccc(C#N)cc1. The minimum absolute atomic E-state index is 0.0212. The van der Waals surface area contributed by atoms with Crippen LogP contribution in [0.15, 0.2) is 24.3 Å². The van der Waals surface area contributed by atoms with Gasteiger partial charge in [-0.3, -0.25) is 4.79 Å². The van der Waals surface area contributed by atoms with Gasteiger partial charge in [0.05, 0.1) is 24.2 Å². The van der Waals surface area contributed by atoms with Crippen LogP contribution in [0.5, 0.6) is 0 Å². The average Bonchev–Trinajstić information content (AvgIpc) is 3.09. The number of ether oxygens (including phenoxy) is 1. The predicted molar refractivity (Wildman–Crippen MR) is 58.6 cm³/mol. The standard InChI is InChI=1S/C13H13NO2/c1-2-16-13(15)12-7-11(12)10-5-3-9(8-14)4-6-10/h3-6,11-12H,2,7H2,1H3/t11-,12+/m0/s1. The van der Waals surface area contributed by atoms with Crippen molar-refractivity contribution in [3.63, 3.8) is 0 Å². The molecule has 2 atom stereocenters. The van der Waals surface area contributed by atoms with Gasteiger partial charge in [0.1, 0.15) is 0 Å². The number of rotatable bonds is 3. The van der Waals surface area contributed by atoms with Gasteiger partial charge in [-0.25, -0.2) is 0 Å². The molecular weight excluding hydrogens is 202 g/mol. The molecule has 0 unspecified atom stereocenters. The Morgan fingerprint density at radius 1 is 1.50 bits per heavy atom. The Morgan fingerprint density at radius 3 is 2.75 bits per heavy atom. The van der Waals surface area contributed by atoms with Crippen LogP contribution in [0.2, 0.25) is 0 Å². The van der Waals surface area contributed by atoms with Gasteiger partial charge in [0, 0.05) is 0 Å². The summed E-state index contributed by atoms with van der Waals surface area (Å²) in [5.41, 5.74) is 1.77. The van der Waals surface area contributed by atoms with E-state index in [-0.39, 0.29) is 17.8 Å². The summed E-state index contributed by atoms with van der Waals surface area (Å²) >= 11 is 0. The van der Waals surface area contributed by atoms with Crippen LogP contribution in [0.25, 0.3) is 0 Å². The zero-order valence-electron chi connectivity index (χ0n) is 9.14. The van der Waals surface area contributed by atoms with Gasteiger partial charge in [0.2, 0.25) is 0 Å². The van der Waals surface area contributed by atoms with Crippen molar-refractivity contribution in [1.29, 1.82) is 5.26 Å². The molecule has 3 nitrogen and oxygen atoms in total. The van der Waals surface area contributed by atoms with Crippen LogP contribution in [0, 0.1) is 17.2 Å². The van der Waals surface area contributed by atoms with Crippen molar-refractivity contribution < 1.29 is 9.53 Å². The molecule has 0 N–H and O–H groups in total. The van der Waals surface area contributed by atoms with Crippen LogP contribution in [-0.2, 0) is 9.53 Å². The van der Waals surface area contributed by atoms with E-state index < -0.39 is 0 Å². The van der Waals surface area contributed by atoms with E-state index in [1.807, 2.05) is 19.1 Å². The molecule has 1 saturated carbocycles. The Hall–Kier alpha value is -1.82. The molecule has 1 aliphatic rings. The molecule has 82 valence electrons. The summed E-state index contributed by atoms with van der Waals surface area (Å²) < 4.78 is 4.97. The highest BCUT2D eigenvalue weighted by atomic mass is 16.5. The van der Waals surface area contributed by atoms with E-state index in [1.54, 1.807) is 12.1 Å². The lowest BCUT2D eigenvalue weighted by Crippen LogP contribution is -2.07. The predicted octanol–water partition coefficient (Wildman–Crippen LogP) is 2.22. The van der Waals surface area contributed by atoms with Gasteiger partial charge >= 0.3 is 5.97 Å². The third-order valence-electron chi connectivity index (χ3n) is 2.85. The van der Waals surface area contributed by atoms with Gasteiger partial charge in [-0.15, -0.1) is 0 Å². The van der Waals surface area contributed by atoms with E-state index in [0.717, 1.165) is 12.0 Å². The minimum atomic E-state index is -0.100. The van der Waals surface area contributed by atoms with E-state index in [4.69, 9.17) is 10.00 Å². The summed E-state index contributed by atoms with van der Waals surface area (Å²) in [6.45, 7) is 2.26. The summed E-state index contributed by atoms with van der Waals surface area (Å²) in [4.78, 5) is 11.4. The quantitative estimate of drug-likeness (QED) is 0.726. The van der Waals surface area contributed by atoms with Crippen LogP contribution in [-0.4, -0.2) is 12.6 Å². The molecule has 0 spiro atoms. The van der Waals surface area contributed by atoms with E-state index in [0.29, 0.717) is 12.2 Å². The van der Waals surface area contributed by atoms with Crippen LogP contribution in [0.3, 0.4) is 0 Å². The monoisotopic (exact) mass is 215 g/mol. The van der Waals surface area contributed by atoms with Crippen molar-refractivity contribution in [1.82, 2.24) is 0 Å². The molecule has 1 aromatic carbocycles. The first kappa shape index (κ1) is 10.7. The van der Waals surface area contributed by atoms with Crippen molar-refractivity contribution in [3.05, 3.63) is 35.4 Å². The zero-order chi connectivity index (χ0) is 11.5.